The molecular weight excluding hydrogens is 384 g/mol. The molecule has 5 nitrogen and oxygen atoms in total. The number of likely N-dealkylation sites (N-methyl/N-ethyl adjacent to an activating group) is 1. The van der Waals surface area contributed by atoms with Crippen LogP contribution in [0.2, 0.25) is 0 Å². The lowest BCUT2D eigenvalue weighted by molar-refractivity contribution is -0.885. The van der Waals surface area contributed by atoms with Crippen LogP contribution in [0, 0.1) is 6.92 Å². The molecule has 0 saturated heterocycles. The summed E-state index contributed by atoms with van der Waals surface area (Å²) in [5.41, 5.74) is 2.95. The van der Waals surface area contributed by atoms with Crippen LogP contribution in [0.4, 0.5) is 5.69 Å². The molecule has 0 bridgehead atoms. The molecular formula is C19H24BrN2O3+. The van der Waals surface area contributed by atoms with Gasteiger partial charge >= 0.3 is 0 Å². The number of ether oxygens (including phenoxy) is 2. The SMILES string of the molecule is COc1ccc(C[NH+](C)CC(=O)Nc2ccc(Br)cc2C)cc1OC. The van der Waals surface area contributed by atoms with E-state index in [1.165, 1.54) is 0 Å². The van der Waals surface area contributed by atoms with E-state index in [9.17, 15) is 4.79 Å². The fourth-order valence-electron chi connectivity index (χ4n) is 2.64. The Morgan fingerprint density at radius 3 is 2.48 bits per heavy atom. The first kappa shape index (κ1) is 19.3. The van der Waals surface area contributed by atoms with Crippen molar-refractivity contribution in [3.63, 3.8) is 0 Å². The molecule has 0 saturated carbocycles. The topological polar surface area (TPSA) is 52.0 Å². The molecule has 0 aliphatic heterocycles. The van der Waals surface area contributed by atoms with Crippen molar-refractivity contribution in [2.24, 2.45) is 0 Å². The van der Waals surface area contributed by atoms with E-state index >= 15 is 0 Å². The van der Waals surface area contributed by atoms with Crippen LogP contribution in [-0.4, -0.2) is 33.7 Å². The Bertz CT molecular complexity index is 749. The lowest BCUT2D eigenvalue weighted by Gasteiger charge is -2.16. The number of quaternary nitrogens is 1. The molecule has 2 aromatic rings. The van der Waals surface area contributed by atoms with Crippen LogP contribution in [0.25, 0.3) is 0 Å². The Labute approximate surface area is 157 Å². The second kappa shape index (κ2) is 8.87. The van der Waals surface area contributed by atoms with Gasteiger partial charge in [0.2, 0.25) is 0 Å². The molecule has 2 rings (SSSR count). The number of hydrogen-bond donors (Lipinski definition) is 2. The monoisotopic (exact) mass is 407 g/mol. The summed E-state index contributed by atoms with van der Waals surface area (Å²) in [4.78, 5) is 13.4. The van der Waals surface area contributed by atoms with Gasteiger partial charge in [0.25, 0.3) is 5.91 Å². The summed E-state index contributed by atoms with van der Waals surface area (Å²) in [6.07, 6.45) is 0. The normalized spacial score (nSPS) is 11.7. The van der Waals surface area contributed by atoms with Crippen LogP contribution in [0.15, 0.2) is 40.9 Å². The van der Waals surface area contributed by atoms with Crippen LogP contribution < -0.4 is 19.7 Å². The zero-order valence-electron chi connectivity index (χ0n) is 15.0. The lowest BCUT2D eigenvalue weighted by Crippen LogP contribution is -3.08. The fourth-order valence-corrected chi connectivity index (χ4v) is 3.11. The zero-order valence-corrected chi connectivity index (χ0v) is 16.6. The summed E-state index contributed by atoms with van der Waals surface area (Å²) in [5, 5.41) is 2.97. The Hall–Kier alpha value is -2.05. The minimum absolute atomic E-state index is 0.0107. The largest absolute Gasteiger partial charge is 0.493 e. The number of nitrogens with one attached hydrogen (secondary N) is 2. The van der Waals surface area contributed by atoms with Gasteiger partial charge in [0.1, 0.15) is 6.54 Å². The Morgan fingerprint density at radius 2 is 1.84 bits per heavy atom. The molecule has 0 radical (unpaired) electrons. The van der Waals surface area contributed by atoms with Crippen LogP contribution >= 0.6 is 15.9 Å². The molecule has 1 atom stereocenters. The number of amides is 1. The minimum Gasteiger partial charge on any atom is -0.493 e. The van der Waals surface area contributed by atoms with Gasteiger partial charge in [0, 0.05) is 15.7 Å². The first-order chi connectivity index (χ1) is 11.9. The van der Waals surface area contributed by atoms with Crippen LogP contribution in [0.5, 0.6) is 11.5 Å². The van der Waals surface area contributed by atoms with Crippen molar-refractivity contribution < 1.29 is 19.2 Å². The maximum Gasteiger partial charge on any atom is 0.279 e. The van der Waals surface area contributed by atoms with Gasteiger partial charge < -0.3 is 19.7 Å². The zero-order chi connectivity index (χ0) is 18.4. The smallest absolute Gasteiger partial charge is 0.279 e. The van der Waals surface area contributed by atoms with E-state index in [-0.39, 0.29) is 5.91 Å². The number of benzene rings is 2. The van der Waals surface area contributed by atoms with Gasteiger partial charge in [0.05, 0.1) is 21.3 Å². The van der Waals surface area contributed by atoms with Gasteiger partial charge in [-0.3, -0.25) is 4.79 Å². The summed E-state index contributed by atoms with van der Waals surface area (Å²) in [6.45, 7) is 3.07. The van der Waals surface area contributed by atoms with E-state index in [1.807, 2.05) is 50.4 Å². The van der Waals surface area contributed by atoms with Crippen LogP contribution in [-0.2, 0) is 11.3 Å². The molecule has 2 aromatic carbocycles. The first-order valence-corrected chi connectivity index (χ1v) is 8.80. The molecule has 25 heavy (non-hydrogen) atoms. The third-order valence-electron chi connectivity index (χ3n) is 3.88. The minimum atomic E-state index is -0.0107. The van der Waals surface area contributed by atoms with Crippen LogP contribution in [0.3, 0.4) is 0 Å². The highest BCUT2D eigenvalue weighted by Gasteiger charge is 2.13. The van der Waals surface area contributed by atoms with E-state index in [4.69, 9.17) is 9.47 Å². The van der Waals surface area contributed by atoms with Gasteiger partial charge in [0.15, 0.2) is 18.0 Å². The molecule has 6 heteroatoms. The fraction of sp³-hybridized carbons (Fsp3) is 0.316. The highest BCUT2D eigenvalue weighted by atomic mass is 79.9. The number of aryl methyl sites for hydroxylation is 1. The highest BCUT2D eigenvalue weighted by Crippen LogP contribution is 2.27. The third-order valence-corrected chi connectivity index (χ3v) is 4.37. The molecule has 0 aliphatic carbocycles. The average molecular weight is 408 g/mol. The van der Waals surface area contributed by atoms with E-state index in [0.717, 1.165) is 26.2 Å². The quantitative estimate of drug-likeness (QED) is 0.740. The summed E-state index contributed by atoms with van der Waals surface area (Å²) < 4.78 is 11.6. The predicted molar refractivity (Wildman–Crippen MR) is 103 cm³/mol. The van der Waals surface area contributed by atoms with Crippen molar-refractivity contribution in [3.8, 4) is 11.5 Å². The van der Waals surface area contributed by atoms with Crippen molar-refractivity contribution in [1.82, 2.24) is 0 Å². The van der Waals surface area contributed by atoms with E-state index in [2.05, 4.69) is 21.2 Å². The van der Waals surface area contributed by atoms with Gasteiger partial charge in [-0.15, -0.1) is 0 Å². The molecule has 1 unspecified atom stereocenters. The Balaban J connectivity index is 1.95. The Kier molecular flexibility index (Phi) is 6.84. The lowest BCUT2D eigenvalue weighted by atomic mass is 10.2. The van der Waals surface area contributed by atoms with Crippen molar-refractivity contribution in [3.05, 3.63) is 52.0 Å². The van der Waals surface area contributed by atoms with E-state index in [0.29, 0.717) is 24.6 Å². The maximum atomic E-state index is 12.3. The molecule has 0 spiro atoms. The first-order valence-electron chi connectivity index (χ1n) is 8.01. The van der Waals surface area contributed by atoms with Crippen molar-refractivity contribution in [1.29, 1.82) is 0 Å². The number of methoxy groups -OCH3 is 2. The maximum absolute atomic E-state index is 12.3. The molecule has 0 aliphatic rings. The van der Waals surface area contributed by atoms with Gasteiger partial charge in [-0.25, -0.2) is 0 Å². The summed E-state index contributed by atoms with van der Waals surface area (Å²) in [5.74, 6) is 1.39. The number of rotatable bonds is 7. The predicted octanol–water partition coefficient (Wildman–Crippen LogP) is 2.43. The second-order valence-electron chi connectivity index (χ2n) is 6.01. The molecule has 2 N–H and O–H groups in total. The van der Waals surface area contributed by atoms with Crippen LogP contribution in [0.1, 0.15) is 11.1 Å². The summed E-state index contributed by atoms with van der Waals surface area (Å²) in [7, 11) is 5.22. The molecule has 1 amide bonds. The van der Waals surface area contributed by atoms with Gasteiger partial charge in [-0.2, -0.15) is 0 Å². The summed E-state index contributed by atoms with van der Waals surface area (Å²) in [6, 6.07) is 11.6. The standard InChI is InChI=1S/C19H23BrN2O3/c1-13-9-15(20)6-7-16(13)21-19(23)12-22(2)11-14-5-8-17(24-3)18(10-14)25-4/h5-10H,11-12H2,1-4H3,(H,21,23)/p+1. The van der Waals surface area contributed by atoms with E-state index in [1.54, 1.807) is 14.2 Å². The number of carbonyl (C=O) groups is 1. The summed E-state index contributed by atoms with van der Waals surface area (Å²) >= 11 is 3.43. The van der Waals surface area contributed by atoms with Crippen molar-refractivity contribution in [2.45, 2.75) is 13.5 Å². The average Bonchev–Trinajstić information content (AvgIpc) is 2.57. The molecule has 0 aromatic heterocycles. The second-order valence-corrected chi connectivity index (χ2v) is 6.92. The third kappa shape index (κ3) is 5.47. The molecule has 134 valence electrons. The number of halogens is 1. The highest BCUT2D eigenvalue weighted by molar-refractivity contribution is 9.10. The van der Waals surface area contributed by atoms with E-state index < -0.39 is 0 Å². The van der Waals surface area contributed by atoms with Crippen molar-refractivity contribution >= 4 is 27.5 Å². The number of hydrogen-bond acceptors (Lipinski definition) is 3. The number of anilines is 1. The molecule has 0 heterocycles. The Morgan fingerprint density at radius 1 is 1.12 bits per heavy atom. The van der Waals surface area contributed by atoms with Crippen molar-refractivity contribution in [2.75, 3.05) is 33.1 Å². The number of carbonyl (C=O) groups excluding carboxylic acids is 1. The molecule has 0 fully saturated rings. The van der Waals surface area contributed by atoms with Gasteiger partial charge in [-0.1, -0.05) is 15.9 Å². The van der Waals surface area contributed by atoms with Gasteiger partial charge in [-0.05, 0) is 48.9 Å².